The molecular weight excluding hydrogens is 336 g/mol. The SMILES string of the molecule is C=C(C#N)CC(O)c1ccc(Cl)cc1-c1cnn(C2CCNCC2)c1. The van der Waals surface area contributed by atoms with Gasteiger partial charge in [-0.2, -0.15) is 10.4 Å². The number of piperidine rings is 1. The van der Waals surface area contributed by atoms with Crippen LogP contribution < -0.4 is 5.32 Å². The summed E-state index contributed by atoms with van der Waals surface area (Å²) in [5.74, 6) is 0. The van der Waals surface area contributed by atoms with Crippen molar-refractivity contribution in [3.05, 3.63) is 53.3 Å². The minimum Gasteiger partial charge on any atom is -0.388 e. The summed E-state index contributed by atoms with van der Waals surface area (Å²) in [6, 6.07) is 7.75. The average Bonchev–Trinajstić information content (AvgIpc) is 3.12. The second-order valence-corrected chi connectivity index (χ2v) is 6.79. The molecule has 1 aromatic heterocycles. The molecule has 3 rings (SSSR count). The topological polar surface area (TPSA) is 73.9 Å². The van der Waals surface area contributed by atoms with Gasteiger partial charge in [-0.15, -0.1) is 0 Å². The number of aliphatic hydroxyl groups is 1. The third-order valence-corrected chi connectivity index (χ3v) is 4.80. The molecule has 1 saturated heterocycles. The van der Waals surface area contributed by atoms with Gasteiger partial charge in [0.05, 0.1) is 24.4 Å². The Hall–Kier alpha value is -2.13. The molecule has 1 atom stereocenters. The van der Waals surface area contributed by atoms with Gasteiger partial charge in [0.15, 0.2) is 0 Å². The first-order valence-corrected chi connectivity index (χ1v) is 8.77. The van der Waals surface area contributed by atoms with Gasteiger partial charge in [0.1, 0.15) is 0 Å². The molecule has 1 aliphatic heterocycles. The van der Waals surface area contributed by atoms with Gasteiger partial charge in [0, 0.05) is 28.8 Å². The molecule has 0 aliphatic carbocycles. The van der Waals surface area contributed by atoms with E-state index in [1.54, 1.807) is 12.1 Å². The maximum atomic E-state index is 10.5. The average molecular weight is 357 g/mol. The quantitative estimate of drug-likeness (QED) is 0.802. The monoisotopic (exact) mass is 356 g/mol. The standard InChI is InChI=1S/C19H21ClN4O/c1-13(10-21)8-19(25)17-3-2-15(20)9-18(17)14-11-23-24(12-14)16-4-6-22-7-5-16/h2-3,9,11-12,16,19,22,25H,1,4-8H2. The van der Waals surface area contributed by atoms with Gasteiger partial charge < -0.3 is 10.4 Å². The lowest BCUT2D eigenvalue weighted by Gasteiger charge is -2.22. The van der Waals surface area contributed by atoms with Crippen molar-refractivity contribution >= 4 is 11.6 Å². The zero-order chi connectivity index (χ0) is 17.8. The van der Waals surface area contributed by atoms with Crippen molar-refractivity contribution in [3.8, 4) is 17.2 Å². The summed E-state index contributed by atoms with van der Waals surface area (Å²) in [6.45, 7) is 5.65. The van der Waals surface area contributed by atoms with Crippen LogP contribution in [0.3, 0.4) is 0 Å². The smallest absolute Gasteiger partial charge is 0.0941 e. The summed E-state index contributed by atoms with van der Waals surface area (Å²) >= 11 is 6.17. The van der Waals surface area contributed by atoms with Crippen molar-refractivity contribution in [1.29, 1.82) is 5.26 Å². The minimum atomic E-state index is -0.804. The molecule has 25 heavy (non-hydrogen) atoms. The summed E-state index contributed by atoms with van der Waals surface area (Å²) < 4.78 is 2.00. The Kier molecular flexibility index (Phi) is 5.54. The third-order valence-electron chi connectivity index (χ3n) is 4.57. The Morgan fingerprint density at radius 1 is 1.48 bits per heavy atom. The Bertz CT molecular complexity index is 802. The molecule has 2 N–H and O–H groups in total. The van der Waals surface area contributed by atoms with Crippen molar-refractivity contribution < 1.29 is 5.11 Å². The Labute approximate surface area is 152 Å². The summed E-state index contributed by atoms with van der Waals surface area (Å²) in [5.41, 5.74) is 2.83. The van der Waals surface area contributed by atoms with Gasteiger partial charge >= 0.3 is 0 Å². The number of benzene rings is 1. The molecule has 0 amide bonds. The minimum absolute atomic E-state index is 0.202. The number of nitriles is 1. The number of aromatic nitrogens is 2. The van der Waals surface area contributed by atoms with E-state index in [0.29, 0.717) is 16.6 Å². The van der Waals surface area contributed by atoms with Crippen LogP contribution in [0.5, 0.6) is 0 Å². The van der Waals surface area contributed by atoms with Crippen molar-refractivity contribution in [1.82, 2.24) is 15.1 Å². The second-order valence-electron chi connectivity index (χ2n) is 6.36. The van der Waals surface area contributed by atoms with E-state index in [4.69, 9.17) is 16.9 Å². The van der Waals surface area contributed by atoms with E-state index in [-0.39, 0.29) is 6.42 Å². The summed E-state index contributed by atoms with van der Waals surface area (Å²) in [7, 11) is 0. The molecule has 2 aromatic rings. The number of rotatable bonds is 5. The molecule has 0 spiro atoms. The lowest BCUT2D eigenvalue weighted by Crippen LogP contribution is -2.29. The van der Waals surface area contributed by atoms with E-state index in [1.165, 1.54) is 0 Å². The highest BCUT2D eigenvalue weighted by Crippen LogP contribution is 2.34. The van der Waals surface area contributed by atoms with Gasteiger partial charge in [-0.05, 0) is 49.2 Å². The van der Waals surface area contributed by atoms with Gasteiger partial charge in [0.25, 0.3) is 0 Å². The molecule has 6 heteroatoms. The maximum absolute atomic E-state index is 10.5. The zero-order valence-electron chi connectivity index (χ0n) is 14.0. The molecule has 1 fully saturated rings. The van der Waals surface area contributed by atoms with E-state index >= 15 is 0 Å². The number of nitrogens with one attached hydrogen (secondary N) is 1. The largest absolute Gasteiger partial charge is 0.388 e. The summed E-state index contributed by atoms with van der Waals surface area (Å²) in [6.07, 6.45) is 5.32. The Morgan fingerprint density at radius 3 is 2.96 bits per heavy atom. The second kappa shape index (κ2) is 7.83. The maximum Gasteiger partial charge on any atom is 0.0941 e. The van der Waals surface area contributed by atoms with Crippen LogP contribution in [-0.4, -0.2) is 28.0 Å². The van der Waals surface area contributed by atoms with Crippen LogP contribution >= 0.6 is 11.6 Å². The fourth-order valence-electron chi connectivity index (χ4n) is 3.21. The third kappa shape index (κ3) is 4.10. The zero-order valence-corrected chi connectivity index (χ0v) is 14.7. The highest BCUT2D eigenvalue weighted by atomic mass is 35.5. The van der Waals surface area contributed by atoms with E-state index < -0.39 is 6.10 Å². The van der Waals surface area contributed by atoms with Crippen molar-refractivity contribution in [2.45, 2.75) is 31.4 Å². The molecule has 0 radical (unpaired) electrons. The normalized spacial score (nSPS) is 16.4. The van der Waals surface area contributed by atoms with E-state index in [9.17, 15) is 5.11 Å². The van der Waals surface area contributed by atoms with Crippen LogP contribution in [0.4, 0.5) is 0 Å². The van der Waals surface area contributed by atoms with E-state index in [2.05, 4.69) is 17.0 Å². The summed E-state index contributed by atoms with van der Waals surface area (Å²) in [5, 5.41) is 27.9. The number of halogens is 1. The molecular formula is C19H21ClN4O. The van der Waals surface area contributed by atoms with Crippen LogP contribution in [0.1, 0.15) is 37.0 Å². The molecule has 5 nitrogen and oxygen atoms in total. The van der Waals surface area contributed by atoms with Crippen molar-refractivity contribution in [3.63, 3.8) is 0 Å². The Morgan fingerprint density at radius 2 is 2.24 bits per heavy atom. The van der Waals surface area contributed by atoms with Crippen LogP contribution in [0, 0.1) is 11.3 Å². The van der Waals surface area contributed by atoms with Crippen LogP contribution in [0.2, 0.25) is 5.02 Å². The lowest BCUT2D eigenvalue weighted by atomic mass is 9.95. The number of hydrogen-bond donors (Lipinski definition) is 2. The highest BCUT2D eigenvalue weighted by molar-refractivity contribution is 6.30. The lowest BCUT2D eigenvalue weighted by molar-refractivity contribution is 0.180. The van der Waals surface area contributed by atoms with E-state index in [1.807, 2.05) is 29.2 Å². The van der Waals surface area contributed by atoms with Crippen molar-refractivity contribution in [2.24, 2.45) is 0 Å². The number of nitrogens with zero attached hydrogens (tertiary/aromatic N) is 3. The van der Waals surface area contributed by atoms with E-state index in [0.717, 1.165) is 42.6 Å². The first-order valence-electron chi connectivity index (χ1n) is 8.39. The summed E-state index contributed by atoms with van der Waals surface area (Å²) in [4.78, 5) is 0. The molecule has 1 aliphatic rings. The van der Waals surface area contributed by atoms with Crippen LogP contribution in [-0.2, 0) is 0 Å². The fourth-order valence-corrected chi connectivity index (χ4v) is 3.38. The Balaban J connectivity index is 1.91. The van der Waals surface area contributed by atoms with Gasteiger partial charge in [-0.3, -0.25) is 4.68 Å². The number of hydrogen-bond acceptors (Lipinski definition) is 4. The van der Waals surface area contributed by atoms with Gasteiger partial charge in [-0.1, -0.05) is 24.2 Å². The van der Waals surface area contributed by atoms with Gasteiger partial charge in [-0.25, -0.2) is 0 Å². The molecule has 130 valence electrons. The van der Waals surface area contributed by atoms with Gasteiger partial charge in [0.2, 0.25) is 0 Å². The molecule has 1 unspecified atom stereocenters. The molecule has 2 heterocycles. The number of aliphatic hydroxyl groups excluding tert-OH is 1. The fraction of sp³-hybridized carbons (Fsp3) is 0.368. The first kappa shape index (κ1) is 17.7. The van der Waals surface area contributed by atoms with Crippen LogP contribution in [0.25, 0.3) is 11.1 Å². The highest BCUT2D eigenvalue weighted by Gasteiger charge is 2.19. The first-order chi connectivity index (χ1) is 12.1. The molecule has 0 bridgehead atoms. The predicted octanol–water partition coefficient (Wildman–Crippen LogP) is 3.63. The molecule has 1 aromatic carbocycles. The van der Waals surface area contributed by atoms with Crippen LogP contribution in [0.15, 0.2) is 42.7 Å². The predicted molar refractivity (Wildman–Crippen MR) is 98.1 cm³/mol. The molecule has 0 saturated carbocycles. The van der Waals surface area contributed by atoms with Crippen molar-refractivity contribution in [2.75, 3.05) is 13.1 Å².